The molecule has 0 aromatic heterocycles. The third-order valence-electron chi connectivity index (χ3n) is 5.60. The second-order valence-electron chi connectivity index (χ2n) is 8.37. The molecule has 0 aliphatic carbocycles. The fourth-order valence-corrected chi connectivity index (χ4v) is 4.72. The Balaban J connectivity index is 1.82. The third kappa shape index (κ3) is 8.65. The Labute approximate surface area is 228 Å². The van der Waals surface area contributed by atoms with Crippen LogP contribution in [0.5, 0.6) is 11.5 Å². The fourth-order valence-electron chi connectivity index (χ4n) is 3.63. The van der Waals surface area contributed by atoms with Crippen molar-refractivity contribution in [3.8, 4) is 11.5 Å². The standard InChI is InChI=1S/C28H32ClNO7S/c1-4-38(32,33)25-16-23(15-24(17-25)34-3)30-27(19-37-20(2)31)26-11-10-22(29)14-28(26)36-13-12-35-18-21-8-6-5-7-9-21/h5-11,14-17,27,30H,4,12-13,18-19H2,1-3H3. The molecule has 0 bridgehead atoms. The van der Waals surface area contributed by atoms with Crippen LogP contribution in [0.2, 0.25) is 5.02 Å². The first-order chi connectivity index (χ1) is 18.2. The topological polar surface area (TPSA) is 100 Å². The zero-order valence-corrected chi connectivity index (χ0v) is 23.2. The quantitative estimate of drug-likeness (QED) is 0.205. The minimum Gasteiger partial charge on any atom is -0.497 e. The summed E-state index contributed by atoms with van der Waals surface area (Å²) in [6.45, 7) is 3.92. The van der Waals surface area contributed by atoms with E-state index < -0.39 is 21.8 Å². The normalized spacial score (nSPS) is 12.0. The van der Waals surface area contributed by atoms with Gasteiger partial charge in [-0.1, -0.05) is 54.9 Å². The Hall–Kier alpha value is -3.27. The molecule has 1 N–H and O–H groups in total. The van der Waals surface area contributed by atoms with Gasteiger partial charge in [0, 0.05) is 29.3 Å². The molecule has 38 heavy (non-hydrogen) atoms. The molecule has 0 saturated carbocycles. The smallest absolute Gasteiger partial charge is 0.302 e. The number of benzene rings is 3. The number of nitrogens with one attached hydrogen (secondary N) is 1. The summed E-state index contributed by atoms with van der Waals surface area (Å²) in [5, 5.41) is 3.74. The van der Waals surface area contributed by atoms with Crippen molar-refractivity contribution >= 4 is 33.1 Å². The van der Waals surface area contributed by atoms with Gasteiger partial charge in [-0.3, -0.25) is 4.79 Å². The summed E-state index contributed by atoms with van der Waals surface area (Å²) in [6.07, 6.45) is 0. The van der Waals surface area contributed by atoms with Crippen LogP contribution >= 0.6 is 11.6 Å². The molecule has 1 unspecified atom stereocenters. The van der Waals surface area contributed by atoms with E-state index in [1.54, 1.807) is 31.2 Å². The minimum atomic E-state index is -3.49. The van der Waals surface area contributed by atoms with Crippen LogP contribution < -0.4 is 14.8 Å². The minimum absolute atomic E-state index is 0.0368. The molecule has 3 aromatic rings. The molecule has 0 fully saturated rings. The van der Waals surface area contributed by atoms with Gasteiger partial charge in [0.15, 0.2) is 9.84 Å². The molecule has 0 radical (unpaired) electrons. The second kappa shape index (κ2) is 14.0. The number of halogens is 1. The van der Waals surface area contributed by atoms with Crippen LogP contribution in [0, 0.1) is 0 Å². The summed E-state index contributed by atoms with van der Waals surface area (Å²) in [5.41, 5.74) is 2.20. The number of hydrogen-bond acceptors (Lipinski definition) is 8. The van der Waals surface area contributed by atoms with E-state index in [0.29, 0.717) is 41.0 Å². The molecule has 3 aromatic carbocycles. The van der Waals surface area contributed by atoms with E-state index in [2.05, 4.69) is 5.32 Å². The molecule has 0 saturated heterocycles. The van der Waals surface area contributed by atoms with Crippen LogP contribution in [0.4, 0.5) is 5.69 Å². The van der Waals surface area contributed by atoms with Crippen LogP contribution in [0.25, 0.3) is 0 Å². The van der Waals surface area contributed by atoms with E-state index in [1.165, 1.54) is 26.2 Å². The molecule has 10 heteroatoms. The molecule has 204 valence electrons. The number of methoxy groups -OCH3 is 1. The van der Waals surface area contributed by atoms with Gasteiger partial charge < -0.3 is 24.3 Å². The van der Waals surface area contributed by atoms with Crippen molar-refractivity contribution < 1.29 is 32.2 Å². The van der Waals surface area contributed by atoms with E-state index in [1.807, 2.05) is 30.3 Å². The highest BCUT2D eigenvalue weighted by Crippen LogP contribution is 2.33. The van der Waals surface area contributed by atoms with Gasteiger partial charge in [-0.25, -0.2) is 8.42 Å². The fraction of sp³-hybridized carbons (Fsp3) is 0.321. The highest BCUT2D eigenvalue weighted by molar-refractivity contribution is 7.91. The monoisotopic (exact) mass is 561 g/mol. The lowest BCUT2D eigenvalue weighted by Gasteiger charge is -2.23. The van der Waals surface area contributed by atoms with Crippen LogP contribution in [-0.2, 0) is 30.7 Å². The summed E-state index contributed by atoms with van der Waals surface area (Å²) in [6, 6.07) is 19.0. The maximum atomic E-state index is 12.5. The van der Waals surface area contributed by atoms with Gasteiger partial charge in [-0.05, 0) is 29.8 Å². The molecule has 8 nitrogen and oxygen atoms in total. The summed E-state index contributed by atoms with van der Waals surface area (Å²) in [5.74, 6) is 0.339. The first kappa shape index (κ1) is 29.3. The van der Waals surface area contributed by atoms with Crippen LogP contribution in [-0.4, -0.2) is 47.1 Å². The van der Waals surface area contributed by atoms with Gasteiger partial charge in [0.1, 0.15) is 24.7 Å². The third-order valence-corrected chi connectivity index (χ3v) is 7.55. The van der Waals surface area contributed by atoms with Crippen LogP contribution in [0.3, 0.4) is 0 Å². The van der Waals surface area contributed by atoms with Gasteiger partial charge >= 0.3 is 5.97 Å². The average Bonchev–Trinajstić information content (AvgIpc) is 2.91. The largest absolute Gasteiger partial charge is 0.497 e. The number of rotatable bonds is 14. The number of hydrogen-bond donors (Lipinski definition) is 1. The number of esters is 1. The molecule has 0 aliphatic rings. The maximum Gasteiger partial charge on any atom is 0.302 e. The lowest BCUT2D eigenvalue weighted by Crippen LogP contribution is -2.20. The Morgan fingerprint density at radius 1 is 1.03 bits per heavy atom. The molecular weight excluding hydrogens is 530 g/mol. The van der Waals surface area contributed by atoms with Crippen LogP contribution in [0.15, 0.2) is 71.6 Å². The molecule has 3 rings (SSSR count). The Bertz CT molecular complexity index is 1320. The lowest BCUT2D eigenvalue weighted by atomic mass is 10.1. The van der Waals surface area contributed by atoms with Crippen molar-refractivity contribution in [3.63, 3.8) is 0 Å². The zero-order valence-electron chi connectivity index (χ0n) is 21.6. The first-order valence-corrected chi connectivity index (χ1v) is 14.1. The van der Waals surface area contributed by atoms with Gasteiger partial charge in [0.05, 0.1) is 37.0 Å². The maximum absolute atomic E-state index is 12.5. The molecule has 0 spiro atoms. The van der Waals surface area contributed by atoms with Crippen molar-refractivity contribution in [2.45, 2.75) is 31.4 Å². The average molecular weight is 562 g/mol. The van der Waals surface area contributed by atoms with Crippen molar-refractivity contribution in [3.05, 3.63) is 82.9 Å². The predicted molar refractivity (Wildman–Crippen MR) is 147 cm³/mol. The van der Waals surface area contributed by atoms with Gasteiger partial charge in [0.25, 0.3) is 0 Å². The molecule has 0 heterocycles. The van der Waals surface area contributed by atoms with Crippen molar-refractivity contribution in [1.82, 2.24) is 0 Å². The summed E-state index contributed by atoms with van der Waals surface area (Å²) in [7, 11) is -2.03. The van der Waals surface area contributed by atoms with E-state index >= 15 is 0 Å². The second-order valence-corrected chi connectivity index (χ2v) is 11.1. The van der Waals surface area contributed by atoms with Crippen molar-refractivity contribution in [1.29, 1.82) is 0 Å². The number of ether oxygens (including phenoxy) is 4. The number of anilines is 1. The Morgan fingerprint density at radius 2 is 1.79 bits per heavy atom. The predicted octanol–water partition coefficient (Wildman–Crippen LogP) is 5.45. The first-order valence-electron chi connectivity index (χ1n) is 12.1. The molecule has 0 aliphatic heterocycles. The summed E-state index contributed by atoms with van der Waals surface area (Å²) in [4.78, 5) is 11.8. The van der Waals surface area contributed by atoms with E-state index in [0.717, 1.165) is 5.56 Å². The summed E-state index contributed by atoms with van der Waals surface area (Å²) < 4.78 is 47.5. The lowest BCUT2D eigenvalue weighted by molar-refractivity contribution is -0.141. The molecule has 1 atom stereocenters. The molecular formula is C28H32ClNO7S. The van der Waals surface area contributed by atoms with Crippen LogP contribution in [0.1, 0.15) is 31.0 Å². The van der Waals surface area contributed by atoms with E-state index in [9.17, 15) is 13.2 Å². The number of carbonyl (C=O) groups is 1. The van der Waals surface area contributed by atoms with Gasteiger partial charge in [0.2, 0.25) is 0 Å². The number of carbonyl (C=O) groups excluding carboxylic acids is 1. The van der Waals surface area contributed by atoms with Crippen molar-refractivity contribution in [2.24, 2.45) is 0 Å². The van der Waals surface area contributed by atoms with Crippen molar-refractivity contribution in [2.75, 3.05) is 38.0 Å². The Morgan fingerprint density at radius 3 is 2.47 bits per heavy atom. The Kier molecular flexibility index (Phi) is 10.8. The van der Waals surface area contributed by atoms with E-state index in [-0.39, 0.29) is 23.9 Å². The zero-order chi connectivity index (χ0) is 27.5. The van der Waals surface area contributed by atoms with E-state index in [4.69, 9.17) is 30.5 Å². The molecule has 0 amide bonds. The SMILES string of the molecule is CCS(=O)(=O)c1cc(NC(COC(C)=O)c2ccc(Cl)cc2OCCOCc2ccccc2)cc(OC)c1. The highest BCUT2D eigenvalue weighted by atomic mass is 35.5. The van der Waals surface area contributed by atoms with Gasteiger partial charge in [-0.2, -0.15) is 0 Å². The highest BCUT2D eigenvalue weighted by Gasteiger charge is 2.21. The number of sulfone groups is 1. The summed E-state index contributed by atoms with van der Waals surface area (Å²) >= 11 is 6.26. The van der Waals surface area contributed by atoms with Gasteiger partial charge in [-0.15, -0.1) is 0 Å².